The Bertz CT molecular complexity index is 408. The molecule has 3 unspecified atom stereocenters. The van der Waals surface area contributed by atoms with E-state index >= 15 is 0 Å². The number of hydrogen-bond acceptors (Lipinski definition) is 5. The highest BCUT2D eigenvalue weighted by Crippen LogP contribution is 2.27. The second kappa shape index (κ2) is 9.17. The van der Waals surface area contributed by atoms with E-state index < -0.39 is 28.3 Å². The zero-order chi connectivity index (χ0) is 16.8. The van der Waals surface area contributed by atoms with Crippen molar-refractivity contribution in [3.63, 3.8) is 0 Å². The van der Waals surface area contributed by atoms with Gasteiger partial charge >= 0.3 is 0 Å². The maximum absolute atomic E-state index is 11.7. The summed E-state index contributed by atoms with van der Waals surface area (Å²) in [6.07, 6.45) is 4.29. The predicted octanol–water partition coefficient (Wildman–Crippen LogP) is 0.581. The van der Waals surface area contributed by atoms with Crippen molar-refractivity contribution in [2.75, 3.05) is 12.3 Å². The largest absolute Gasteiger partial charge is 0.389 e. The van der Waals surface area contributed by atoms with Gasteiger partial charge in [-0.2, -0.15) is 0 Å². The lowest BCUT2D eigenvalue weighted by Gasteiger charge is -2.29. The van der Waals surface area contributed by atoms with Crippen LogP contribution in [0.4, 0.5) is 0 Å². The number of aliphatic hydroxyl groups is 2. The first-order valence-corrected chi connectivity index (χ1v) is 9.95. The molecule has 1 rings (SSSR count). The van der Waals surface area contributed by atoms with E-state index in [0.717, 1.165) is 12.8 Å². The van der Waals surface area contributed by atoms with Crippen LogP contribution in [0.2, 0.25) is 0 Å². The van der Waals surface area contributed by atoms with Crippen molar-refractivity contribution in [1.29, 1.82) is 0 Å². The highest BCUT2D eigenvalue weighted by atomic mass is 32.2. The number of hydrogen-bond donors (Lipinski definition) is 4. The van der Waals surface area contributed by atoms with Gasteiger partial charge in [-0.25, -0.2) is 13.1 Å². The third-order valence-corrected chi connectivity index (χ3v) is 5.94. The van der Waals surface area contributed by atoms with Gasteiger partial charge in [0.25, 0.3) is 0 Å². The van der Waals surface area contributed by atoms with Gasteiger partial charge < -0.3 is 15.9 Å². The Kier molecular flexibility index (Phi) is 8.27. The number of sulfonamides is 1. The van der Waals surface area contributed by atoms with Crippen molar-refractivity contribution in [2.45, 2.75) is 70.6 Å². The van der Waals surface area contributed by atoms with Gasteiger partial charge in [-0.15, -0.1) is 0 Å². The standard InChI is InChI=1S/C15H32N2O4S/c1-11(2)10-22(20,21)17-9-14(18)15(19)13(16)8-12-6-4-3-5-7-12/h11-15,17-19H,3-10,16H2,1-2H3. The second-order valence-corrected chi connectivity index (χ2v) is 8.84. The van der Waals surface area contributed by atoms with E-state index in [2.05, 4.69) is 4.72 Å². The van der Waals surface area contributed by atoms with Crippen LogP contribution in [0.5, 0.6) is 0 Å². The summed E-state index contributed by atoms with van der Waals surface area (Å²) >= 11 is 0. The minimum Gasteiger partial charge on any atom is -0.389 e. The molecule has 6 nitrogen and oxygen atoms in total. The van der Waals surface area contributed by atoms with Gasteiger partial charge in [-0.05, 0) is 18.3 Å². The Balaban J connectivity index is 2.38. The predicted molar refractivity (Wildman–Crippen MR) is 87.8 cm³/mol. The van der Waals surface area contributed by atoms with Crippen molar-refractivity contribution in [3.05, 3.63) is 0 Å². The smallest absolute Gasteiger partial charge is 0.211 e. The van der Waals surface area contributed by atoms with Gasteiger partial charge in [-0.1, -0.05) is 46.0 Å². The molecular formula is C15H32N2O4S. The molecule has 0 radical (unpaired) electrons. The average Bonchev–Trinajstić information content (AvgIpc) is 2.43. The zero-order valence-corrected chi connectivity index (χ0v) is 14.6. The van der Waals surface area contributed by atoms with Crippen LogP contribution in [-0.4, -0.2) is 49.2 Å². The molecular weight excluding hydrogens is 304 g/mol. The molecule has 0 heterocycles. The molecule has 5 N–H and O–H groups in total. The van der Waals surface area contributed by atoms with E-state index in [-0.39, 0.29) is 18.2 Å². The van der Waals surface area contributed by atoms with Crippen molar-refractivity contribution in [2.24, 2.45) is 17.6 Å². The molecule has 22 heavy (non-hydrogen) atoms. The highest BCUT2D eigenvalue weighted by Gasteiger charge is 2.27. The molecule has 1 aliphatic rings. The summed E-state index contributed by atoms with van der Waals surface area (Å²) < 4.78 is 25.8. The lowest BCUT2D eigenvalue weighted by atomic mass is 9.83. The third-order valence-electron chi connectivity index (χ3n) is 4.23. The first kappa shape index (κ1) is 19.8. The van der Waals surface area contributed by atoms with Crippen molar-refractivity contribution >= 4 is 10.0 Å². The number of nitrogens with one attached hydrogen (secondary N) is 1. The van der Waals surface area contributed by atoms with Crippen LogP contribution in [0.3, 0.4) is 0 Å². The molecule has 0 bridgehead atoms. The molecule has 1 aliphatic carbocycles. The van der Waals surface area contributed by atoms with Crippen LogP contribution in [0.1, 0.15) is 52.4 Å². The van der Waals surface area contributed by atoms with Gasteiger partial charge in [0.1, 0.15) is 0 Å². The van der Waals surface area contributed by atoms with Crippen molar-refractivity contribution in [1.82, 2.24) is 4.72 Å². The summed E-state index contributed by atoms with van der Waals surface area (Å²) in [7, 11) is -3.42. The molecule has 0 amide bonds. The summed E-state index contributed by atoms with van der Waals surface area (Å²) in [6, 6.07) is -0.521. The molecule has 0 saturated heterocycles. The summed E-state index contributed by atoms with van der Waals surface area (Å²) in [5.41, 5.74) is 5.98. The zero-order valence-electron chi connectivity index (χ0n) is 13.7. The van der Waals surface area contributed by atoms with Gasteiger partial charge in [-0.3, -0.25) is 0 Å². The van der Waals surface area contributed by atoms with Crippen molar-refractivity contribution in [3.8, 4) is 0 Å². The van der Waals surface area contributed by atoms with E-state index in [1.807, 2.05) is 13.8 Å². The molecule has 0 aromatic carbocycles. The van der Waals surface area contributed by atoms with Gasteiger partial charge in [0.15, 0.2) is 0 Å². The van der Waals surface area contributed by atoms with Gasteiger partial charge in [0.2, 0.25) is 10.0 Å². The molecule has 0 spiro atoms. The lowest BCUT2D eigenvalue weighted by molar-refractivity contribution is 0.00193. The van der Waals surface area contributed by atoms with E-state index in [0.29, 0.717) is 12.3 Å². The van der Waals surface area contributed by atoms with Crippen LogP contribution < -0.4 is 10.5 Å². The topological polar surface area (TPSA) is 113 Å². The van der Waals surface area contributed by atoms with Crippen molar-refractivity contribution < 1.29 is 18.6 Å². The monoisotopic (exact) mass is 336 g/mol. The molecule has 1 fully saturated rings. The van der Waals surface area contributed by atoms with Crippen LogP contribution >= 0.6 is 0 Å². The average molecular weight is 336 g/mol. The summed E-state index contributed by atoms with van der Waals surface area (Å²) in [4.78, 5) is 0. The maximum Gasteiger partial charge on any atom is 0.211 e. The molecule has 3 atom stereocenters. The SMILES string of the molecule is CC(C)CS(=O)(=O)NCC(O)C(O)C(N)CC1CCCCC1. The molecule has 0 aromatic heterocycles. The van der Waals surface area contributed by atoms with Crippen LogP contribution in [0, 0.1) is 11.8 Å². The Labute approximate surface area is 134 Å². The van der Waals surface area contributed by atoms with E-state index in [4.69, 9.17) is 5.73 Å². The van der Waals surface area contributed by atoms with E-state index in [1.165, 1.54) is 19.3 Å². The summed E-state index contributed by atoms with van der Waals surface area (Å²) in [5, 5.41) is 20.0. The van der Waals surface area contributed by atoms with Crippen LogP contribution in [-0.2, 0) is 10.0 Å². The first-order valence-electron chi connectivity index (χ1n) is 8.30. The summed E-state index contributed by atoms with van der Waals surface area (Å²) in [5.74, 6) is 0.514. The summed E-state index contributed by atoms with van der Waals surface area (Å²) in [6.45, 7) is 3.42. The van der Waals surface area contributed by atoms with E-state index in [9.17, 15) is 18.6 Å². The highest BCUT2D eigenvalue weighted by molar-refractivity contribution is 7.89. The van der Waals surface area contributed by atoms with Gasteiger partial charge in [0, 0.05) is 12.6 Å². The fourth-order valence-electron chi connectivity index (χ4n) is 3.06. The molecule has 0 aromatic rings. The molecule has 0 aliphatic heterocycles. The van der Waals surface area contributed by atoms with Crippen LogP contribution in [0.25, 0.3) is 0 Å². The maximum atomic E-state index is 11.7. The normalized spacial score (nSPS) is 21.7. The van der Waals surface area contributed by atoms with Crippen LogP contribution in [0.15, 0.2) is 0 Å². The lowest BCUT2D eigenvalue weighted by Crippen LogP contribution is -2.49. The molecule has 1 saturated carbocycles. The third kappa shape index (κ3) is 7.37. The number of rotatable bonds is 9. The fourth-order valence-corrected chi connectivity index (χ4v) is 4.48. The Morgan fingerprint density at radius 2 is 1.77 bits per heavy atom. The minimum absolute atomic E-state index is 0.00391. The molecule has 132 valence electrons. The van der Waals surface area contributed by atoms with Gasteiger partial charge in [0.05, 0.1) is 18.0 Å². The Morgan fingerprint density at radius 3 is 2.32 bits per heavy atom. The fraction of sp³-hybridized carbons (Fsp3) is 1.00. The second-order valence-electron chi connectivity index (χ2n) is 6.99. The number of aliphatic hydroxyl groups excluding tert-OH is 2. The van der Waals surface area contributed by atoms with E-state index in [1.54, 1.807) is 0 Å². The minimum atomic E-state index is -3.42. The Morgan fingerprint density at radius 1 is 1.18 bits per heavy atom. The first-order chi connectivity index (χ1) is 10.2. The quantitative estimate of drug-likeness (QED) is 0.492. The molecule has 7 heteroatoms. The Hall–Kier alpha value is -0.210. The number of nitrogens with two attached hydrogens (primary N) is 1.